The molecular formula is C12H19ClN2O2. The van der Waals surface area contributed by atoms with Crippen LogP contribution in [0.1, 0.15) is 31.0 Å². The largest absolute Gasteiger partial charge is 0.374 e. The van der Waals surface area contributed by atoms with E-state index >= 15 is 0 Å². The molecule has 0 amide bonds. The number of hydrogen-bond donors (Lipinski definition) is 0. The van der Waals surface area contributed by atoms with E-state index < -0.39 is 0 Å². The number of rotatable bonds is 6. The van der Waals surface area contributed by atoms with E-state index in [1.54, 1.807) is 18.8 Å². The number of hydrogen-bond acceptors (Lipinski definition) is 3. The molecule has 0 bridgehead atoms. The Morgan fingerprint density at radius 3 is 2.65 bits per heavy atom. The number of carbonyl (C=O) groups is 1. The lowest BCUT2D eigenvalue weighted by molar-refractivity contribution is -0.128. The molecule has 1 unspecified atom stereocenters. The Kier molecular flexibility index (Phi) is 5.15. The summed E-state index contributed by atoms with van der Waals surface area (Å²) in [5, 5.41) is 4.72. The Bertz CT molecular complexity index is 401. The molecule has 0 spiro atoms. The monoisotopic (exact) mass is 258 g/mol. The van der Waals surface area contributed by atoms with Crippen LogP contribution in [0.5, 0.6) is 0 Å². The van der Waals surface area contributed by atoms with Gasteiger partial charge in [-0.2, -0.15) is 5.10 Å². The van der Waals surface area contributed by atoms with Gasteiger partial charge in [0.1, 0.15) is 11.3 Å². The summed E-state index contributed by atoms with van der Waals surface area (Å²) in [6.45, 7) is 3.89. The van der Waals surface area contributed by atoms with Crippen LogP contribution >= 0.6 is 11.6 Å². The molecular weight excluding hydrogens is 240 g/mol. The zero-order chi connectivity index (χ0) is 13.0. The molecule has 1 atom stereocenters. The molecule has 0 fully saturated rings. The van der Waals surface area contributed by atoms with Gasteiger partial charge in [0, 0.05) is 26.1 Å². The SMILES string of the molecule is CCCC(OC)C(=O)Cc1c(C)nn(C)c1Cl. The predicted octanol–water partition coefficient (Wildman–Crippen LogP) is 2.31. The molecule has 1 aromatic heterocycles. The van der Waals surface area contributed by atoms with Crippen molar-refractivity contribution in [2.45, 2.75) is 39.2 Å². The Morgan fingerprint density at radius 1 is 1.59 bits per heavy atom. The van der Waals surface area contributed by atoms with Crippen molar-refractivity contribution in [1.29, 1.82) is 0 Å². The van der Waals surface area contributed by atoms with Crippen LogP contribution in [-0.4, -0.2) is 28.8 Å². The first-order valence-corrected chi connectivity index (χ1v) is 6.12. The fourth-order valence-corrected chi connectivity index (χ4v) is 2.08. The second-order valence-electron chi connectivity index (χ2n) is 4.13. The number of aromatic nitrogens is 2. The van der Waals surface area contributed by atoms with Crippen LogP contribution in [-0.2, 0) is 23.0 Å². The molecule has 0 saturated carbocycles. The summed E-state index contributed by atoms with van der Waals surface area (Å²) >= 11 is 6.09. The van der Waals surface area contributed by atoms with E-state index in [9.17, 15) is 4.79 Å². The number of carbonyl (C=O) groups excluding carboxylic acids is 1. The van der Waals surface area contributed by atoms with E-state index in [-0.39, 0.29) is 18.3 Å². The van der Waals surface area contributed by atoms with E-state index in [1.165, 1.54) is 0 Å². The fraction of sp³-hybridized carbons (Fsp3) is 0.667. The molecule has 0 aliphatic heterocycles. The van der Waals surface area contributed by atoms with Crippen molar-refractivity contribution in [3.8, 4) is 0 Å². The Morgan fingerprint density at radius 2 is 2.24 bits per heavy atom. The van der Waals surface area contributed by atoms with Gasteiger partial charge in [-0.1, -0.05) is 24.9 Å². The quantitative estimate of drug-likeness (QED) is 0.787. The lowest BCUT2D eigenvalue weighted by Crippen LogP contribution is -2.24. The minimum absolute atomic E-state index is 0.0624. The molecule has 0 N–H and O–H groups in total. The van der Waals surface area contributed by atoms with E-state index in [0.717, 1.165) is 24.1 Å². The van der Waals surface area contributed by atoms with Gasteiger partial charge in [0.15, 0.2) is 5.78 Å². The summed E-state index contributed by atoms with van der Waals surface area (Å²) in [7, 11) is 3.33. The van der Waals surface area contributed by atoms with Crippen LogP contribution in [0.4, 0.5) is 0 Å². The molecule has 5 heteroatoms. The Hall–Kier alpha value is -0.870. The number of ketones is 1. The zero-order valence-corrected chi connectivity index (χ0v) is 11.5. The molecule has 1 aromatic rings. The lowest BCUT2D eigenvalue weighted by Gasteiger charge is -2.12. The normalized spacial score (nSPS) is 12.8. The van der Waals surface area contributed by atoms with Gasteiger partial charge in [-0.3, -0.25) is 9.48 Å². The third-order valence-corrected chi connectivity index (χ3v) is 3.29. The predicted molar refractivity (Wildman–Crippen MR) is 67.4 cm³/mol. The standard InChI is InChI=1S/C12H19ClN2O2/c1-5-6-11(17-4)10(16)7-9-8(2)14-15(3)12(9)13/h11H,5-7H2,1-4H3. The van der Waals surface area contributed by atoms with Gasteiger partial charge in [-0.05, 0) is 13.3 Å². The Labute approximate surface area is 107 Å². The number of ether oxygens (including phenoxy) is 1. The van der Waals surface area contributed by atoms with Crippen molar-refractivity contribution in [2.75, 3.05) is 7.11 Å². The van der Waals surface area contributed by atoms with E-state index in [1.807, 2.05) is 13.8 Å². The molecule has 0 aliphatic rings. The molecule has 1 heterocycles. The van der Waals surface area contributed by atoms with Gasteiger partial charge < -0.3 is 4.74 Å². The Balaban J connectivity index is 2.80. The van der Waals surface area contributed by atoms with Crippen LogP contribution in [0.2, 0.25) is 5.15 Å². The maximum Gasteiger partial charge on any atom is 0.166 e. The lowest BCUT2D eigenvalue weighted by atomic mass is 10.0. The molecule has 17 heavy (non-hydrogen) atoms. The highest BCUT2D eigenvalue weighted by Crippen LogP contribution is 2.20. The molecule has 1 rings (SSSR count). The van der Waals surface area contributed by atoms with Crippen molar-refractivity contribution in [3.05, 3.63) is 16.4 Å². The average Bonchev–Trinajstić information content (AvgIpc) is 2.52. The van der Waals surface area contributed by atoms with Crippen LogP contribution in [0.25, 0.3) is 0 Å². The molecule has 0 aliphatic carbocycles. The number of methoxy groups -OCH3 is 1. The number of nitrogens with zero attached hydrogens (tertiary/aromatic N) is 2. The van der Waals surface area contributed by atoms with Gasteiger partial charge in [0.2, 0.25) is 0 Å². The highest BCUT2D eigenvalue weighted by molar-refractivity contribution is 6.30. The maximum atomic E-state index is 12.0. The van der Waals surface area contributed by atoms with Gasteiger partial charge in [0.05, 0.1) is 5.69 Å². The van der Waals surface area contributed by atoms with Crippen LogP contribution in [0.15, 0.2) is 0 Å². The highest BCUT2D eigenvalue weighted by atomic mass is 35.5. The topological polar surface area (TPSA) is 44.1 Å². The van der Waals surface area contributed by atoms with Gasteiger partial charge in [0.25, 0.3) is 0 Å². The van der Waals surface area contributed by atoms with E-state index in [0.29, 0.717) is 5.15 Å². The number of aryl methyl sites for hydroxylation is 2. The van der Waals surface area contributed by atoms with Gasteiger partial charge in [-0.25, -0.2) is 0 Å². The molecule has 0 aromatic carbocycles. The van der Waals surface area contributed by atoms with Gasteiger partial charge in [-0.15, -0.1) is 0 Å². The summed E-state index contributed by atoms with van der Waals surface area (Å²) < 4.78 is 6.78. The van der Waals surface area contributed by atoms with Gasteiger partial charge >= 0.3 is 0 Å². The summed E-state index contributed by atoms with van der Waals surface area (Å²) in [5.41, 5.74) is 1.61. The van der Waals surface area contributed by atoms with Crippen molar-refractivity contribution >= 4 is 17.4 Å². The van der Waals surface area contributed by atoms with Crippen molar-refractivity contribution in [1.82, 2.24) is 9.78 Å². The van der Waals surface area contributed by atoms with Crippen LogP contribution < -0.4 is 0 Å². The first-order chi connectivity index (χ1) is 8.01. The first-order valence-electron chi connectivity index (χ1n) is 5.74. The maximum absolute atomic E-state index is 12.0. The minimum atomic E-state index is -0.337. The second-order valence-corrected chi connectivity index (χ2v) is 4.49. The molecule has 0 saturated heterocycles. The van der Waals surface area contributed by atoms with Crippen molar-refractivity contribution in [3.63, 3.8) is 0 Å². The second kappa shape index (κ2) is 6.17. The number of Topliss-reactive ketones (excluding diaryl/α,β-unsaturated/α-hetero) is 1. The molecule has 4 nitrogen and oxygen atoms in total. The minimum Gasteiger partial charge on any atom is -0.374 e. The van der Waals surface area contributed by atoms with Crippen LogP contribution in [0.3, 0.4) is 0 Å². The first kappa shape index (κ1) is 14.2. The van der Waals surface area contributed by atoms with E-state index in [2.05, 4.69) is 5.10 Å². The van der Waals surface area contributed by atoms with Crippen molar-refractivity contribution in [2.24, 2.45) is 7.05 Å². The summed E-state index contributed by atoms with van der Waals surface area (Å²) in [4.78, 5) is 12.0. The highest BCUT2D eigenvalue weighted by Gasteiger charge is 2.21. The number of halogens is 1. The van der Waals surface area contributed by atoms with E-state index in [4.69, 9.17) is 16.3 Å². The van der Waals surface area contributed by atoms with Crippen LogP contribution in [0, 0.1) is 6.92 Å². The third kappa shape index (κ3) is 3.30. The van der Waals surface area contributed by atoms with Crippen molar-refractivity contribution < 1.29 is 9.53 Å². The zero-order valence-electron chi connectivity index (χ0n) is 10.8. The average molecular weight is 259 g/mol. The summed E-state index contributed by atoms with van der Waals surface area (Å²) in [6, 6.07) is 0. The fourth-order valence-electron chi connectivity index (χ4n) is 1.84. The summed E-state index contributed by atoms with van der Waals surface area (Å²) in [5.74, 6) is 0.0624. The third-order valence-electron chi connectivity index (χ3n) is 2.82. The smallest absolute Gasteiger partial charge is 0.166 e. The summed E-state index contributed by atoms with van der Waals surface area (Å²) in [6.07, 6.45) is 1.61. The molecule has 0 radical (unpaired) electrons. The molecule has 96 valence electrons.